The average molecular weight is 459 g/mol. The largest absolute Gasteiger partial charge is 0.530 e. The van der Waals surface area contributed by atoms with Crippen LogP contribution in [0.15, 0.2) is 72.8 Å². The zero-order valence-electron chi connectivity index (χ0n) is 16.1. The average Bonchev–Trinajstić information content (AvgIpc) is 2.75. The van der Waals surface area contributed by atoms with E-state index in [1.807, 2.05) is 36.4 Å². The molecule has 0 saturated heterocycles. The number of benzene rings is 3. The van der Waals surface area contributed by atoms with E-state index in [-0.39, 0.29) is 16.5 Å². The fourth-order valence-electron chi connectivity index (χ4n) is 2.22. The summed E-state index contributed by atoms with van der Waals surface area (Å²) in [6.07, 6.45) is 0. The summed E-state index contributed by atoms with van der Waals surface area (Å²) in [5, 5.41) is 0. The van der Waals surface area contributed by atoms with Crippen molar-refractivity contribution in [2.24, 2.45) is 0 Å². The van der Waals surface area contributed by atoms with Gasteiger partial charge in [0.05, 0.1) is 21.3 Å². The second-order valence-electron chi connectivity index (χ2n) is 5.52. The van der Waals surface area contributed by atoms with Crippen molar-refractivity contribution in [2.45, 2.75) is 0 Å². The van der Waals surface area contributed by atoms with Gasteiger partial charge in [-0.25, -0.2) is 0 Å². The van der Waals surface area contributed by atoms with Gasteiger partial charge in [-0.2, -0.15) is 0 Å². The minimum atomic E-state index is -1.75. The van der Waals surface area contributed by atoms with Gasteiger partial charge in [-0.3, -0.25) is 0 Å². The minimum Gasteiger partial charge on any atom is -0.497 e. The topological polar surface area (TPSA) is 55.4 Å². The van der Waals surface area contributed by atoms with E-state index in [0.29, 0.717) is 17.2 Å². The zero-order valence-corrected chi connectivity index (χ0v) is 18.0. The summed E-state index contributed by atoms with van der Waals surface area (Å²) in [6.45, 7) is 0. The van der Waals surface area contributed by atoms with E-state index < -0.39 is 8.60 Å². The second-order valence-corrected chi connectivity index (χ2v) is 6.52. The van der Waals surface area contributed by atoms with Crippen molar-refractivity contribution in [3.63, 3.8) is 0 Å². The van der Waals surface area contributed by atoms with Crippen molar-refractivity contribution in [1.82, 2.24) is 0 Å². The fourth-order valence-corrected chi connectivity index (χ4v) is 3.22. The maximum absolute atomic E-state index is 5.94. The van der Waals surface area contributed by atoms with E-state index in [1.54, 1.807) is 57.7 Å². The standard InChI is InChI=1S/C21H21O6P.Ni/c1-22-16-4-10-19(11-5-16)25-28(26-20-12-6-17(23-2)7-13-20)27-21-14-8-18(24-3)9-15-21;/h4-15H,1-3H3;. The molecule has 6 nitrogen and oxygen atoms in total. The van der Waals surface area contributed by atoms with Crippen molar-refractivity contribution < 1.29 is 44.3 Å². The van der Waals surface area contributed by atoms with Crippen molar-refractivity contribution >= 4 is 8.60 Å². The summed E-state index contributed by atoms with van der Waals surface area (Å²) in [7, 11) is 3.09. The third kappa shape index (κ3) is 6.74. The van der Waals surface area contributed by atoms with Crippen molar-refractivity contribution in [3.8, 4) is 34.5 Å². The van der Waals surface area contributed by atoms with Crippen molar-refractivity contribution in [1.29, 1.82) is 0 Å². The number of hydrogen-bond donors (Lipinski definition) is 0. The second kappa shape index (κ2) is 11.4. The Labute approximate surface area is 181 Å². The van der Waals surface area contributed by atoms with Crippen LogP contribution in [0, 0.1) is 0 Å². The molecule has 0 radical (unpaired) electrons. The molecule has 3 aromatic carbocycles. The predicted molar refractivity (Wildman–Crippen MR) is 108 cm³/mol. The summed E-state index contributed by atoms with van der Waals surface area (Å²) < 4.78 is 33.3. The van der Waals surface area contributed by atoms with Gasteiger partial charge in [-0.15, -0.1) is 0 Å². The molecule has 0 aliphatic rings. The van der Waals surface area contributed by atoms with Crippen LogP contribution in [0.1, 0.15) is 0 Å². The zero-order chi connectivity index (χ0) is 19.8. The molecular weight excluding hydrogens is 438 g/mol. The van der Waals surface area contributed by atoms with E-state index >= 15 is 0 Å². The van der Waals surface area contributed by atoms with Crippen LogP contribution in [-0.2, 0) is 16.5 Å². The van der Waals surface area contributed by atoms with Crippen LogP contribution in [0.2, 0.25) is 0 Å². The minimum absolute atomic E-state index is 0. The van der Waals surface area contributed by atoms with Crippen LogP contribution in [0.5, 0.6) is 34.5 Å². The molecule has 8 heteroatoms. The Morgan fingerprint density at radius 3 is 0.828 bits per heavy atom. The fraction of sp³-hybridized carbons (Fsp3) is 0.143. The van der Waals surface area contributed by atoms with Gasteiger partial charge in [0.25, 0.3) is 0 Å². The van der Waals surface area contributed by atoms with Gasteiger partial charge >= 0.3 is 8.60 Å². The molecule has 3 rings (SSSR count). The monoisotopic (exact) mass is 458 g/mol. The van der Waals surface area contributed by atoms with Gasteiger partial charge in [-0.1, -0.05) is 0 Å². The quantitative estimate of drug-likeness (QED) is 0.313. The van der Waals surface area contributed by atoms with E-state index in [4.69, 9.17) is 27.8 Å². The van der Waals surface area contributed by atoms with Gasteiger partial charge < -0.3 is 27.8 Å². The molecule has 3 aromatic rings. The first-order valence-electron chi connectivity index (χ1n) is 8.46. The Balaban J connectivity index is 0.00000300. The molecule has 0 fully saturated rings. The van der Waals surface area contributed by atoms with E-state index in [2.05, 4.69) is 0 Å². The van der Waals surface area contributed by atoms with Gasteiger partial charge in [0.15, 0.2) is 0 Å². The molecule has 0 amide bonds. The first-order valence-corrected chi connectivity index (χ1v) is 9.56. The van der Waals surface area contributed by atoms with Crippen LogP contribution in [0.4, 0.5) is 0 Å². The van der Waals surface area contributed by atoms with E-state index in [9.17, 15) is 0 Å². The van der Waals surface area contributed by atoms with Gasteiger partial charge in [0.1, 0.15) is 34.5 Å². The Hall–Kier alpha value is -2.62. The number of methoxy groups -OCH3 is 3. The van der Waals surface area contributed by atoms with Crippen LogP contribution in [0.3, 0.4) is 0 Å². The molecule has 0 atom stereocenters. The molecule has 0 saturated carbocycles. The molecule has 0 N–H and O–H groups in total. The molecule has 0 bridgehead atoms. The van der Waals surface area contributed by atoms with Crippen molar-refractivity contribution in [2.75, 3.05) is 21.3 Å². The molecule has 0 spiro atoms. The molecule has 0 aromatic heterocycles. The van der Waals surface area contributed by atoms with E-state index in [1.165, 1.54) is 0 Å². The molecular formula is C21H21NiO6P. The first-order chi connectivity index (χ1) is 13.7. The molecule has 0 heterocycles. The summed E-state index contributed by atoms with van der Waals surface area (Å²) in [5.74, 6) is 4.04. The maximum Gasteiger partial charge on any atom is 0.530 e. The van der Waals surface area contributed by atoms with Crippen LogP contribution < -0.4 is 27.8 Å². The SMILES string of the molecule is COc1ccc(OP(Oc2ccc(OC)cc2)Oc2ccc(OC)cc2)cc1.[Ni]. The third-order valence-electron chi connectivity index (χ3n) is 3.72. The van der Waals surface area contributed by atoms with Crippen LogP contribution >= 0.6 is 8.60 Å². The van der Waals surface area contributed by atoms with Gasteiger partial charge in [0.2, 0.25) is 0 Å². The van der Waals surface area contributed by atoms with Crippen LogP contribution in [-0.4, -0.2) is 21.3 Å². The number of rotatable bonds is 9. The predicted octanol–water partition coefficient (Wildman–Crippen LogP) is 5.47. The number of hydrogen-bond acceptors (Lipinski definition) is 6. The molecule has 0 aliphatic carbocycles. The van der Waals surface area contributed by atoms with Gasteiger partial charge in [0, 0.05) is 16.5 Å². The van der Waals surface area contributed by atoms with Gasteiger partial charge in [-0.05, 0) is 72.8 Å². The molecule has 29 heavy (non-hydrogen) atoms. The third-order valence-corrected chi connectivity index (χ3v) is 4.80. The number of ether oxygens (including phenoxy) is 3. The first kappa shape index (κ1) is 22.7. The maximum atomic E-state index is 5.94. The summed E-state index contributed by atoms with van der Waals surface area (Å²) in [4.78, 5) is 0. The normalized spacial score (nSPS) is 9.93. The summed E-state index contributed by atoms with van der Waals surface area (Å²) >= 11 is 0. The van der Waals surface area contributed by atoms with Crippen molar-refractivity contribution in [3.05, 3.63) is 72.8 Å². The Kier molecular flexibility index (Phi) is 8.91. The summed E-state index contributed by atoms with van der Waals surface area (Å²) in [6, 6.07) is 21.6. The molecule has 156 valence electrons. The van der Waals surface area contributed by atoms with Crippen LogP contribution in [0.25, 0.3) is 0 Å². The Morgan fingerprint density at radius 1 is 0.414 bits per heavy atom. The Morgan fingerprint density at radius 2 is 0.621 bits per heavy atom. The summed E-state index contributed by atoms with van der Waals surface area (Å²) in [5.41, 5.74) is 0. The molecule has 0 aliphatic heterocycles. The molecule has 0 unspecified atom stereocenters. The smallest absolute Gasteiger partial charge is 0.497 e. The Bertz CT molecular complexity index is 738. The van der Waals surface area contributed by atoms with E-state index in [0.717, 1.165) is 17.2 Å².